The van der Waals surface area contributed by atoms with E-state index in [2.05, 4.69) is 227 Å². The molecule has 0 aliphatic rings. The van der Waals surface area contributed by atoms with E-state index in [-0.39, 0.29) is 0 Å². The van der Waals surface area contributed by atoms with Crippen LogP contribution in [0.25, 0.3) is 67.0 Å². The summed E-state index contributed by atoms with van der Waals surface area (Å²) in [5.74, 6) is 0. The van der Waals surface area contributed by atoms with Crippen LogP contribution in [0.4, 0.5) is 34.1 Å². The third kappa shape index (κ3) is 5.00. The maximum atomic E-state index is 4.78. The molecule has 0 spiro atoms. The van der Waals surface area contributed by atoms with Crippen LogP contribution < -0.4 is 20.4 Å². The largest absolute Gasteiger partial charge is 0.312 e. The molecular weight excluding hydrogens is 741 g/mol. The zero-order chi connectivity index (χ0) is 40.9. The molecule has 8 aromatic carbocycles. The van der Waals surface area contributed by atoms with Crippen molar-refractivity contribution in [3.63, 3.8) is 0 Å². The number of hydrogen-bond acceptors (Lipinski definition) is 2. The Labute approximate surface area is 354 Å². The van der Waals surface area contributed by atoms with Gasteiger partial charge in [-0.3, -0.25) is 0 Å². The maximum Gasteiger partial charge on any atom is 0.0621 e. The fraction of sp³-hybridized carbons (Fsp3) is 0.0526. The van der Waals surface area contributed by atoms with Crippen molar-refractivity contribution in [1.29, 1.82) is 0 Å². The van der Waals surface area contributed by atoms with Gasteiger partial charge in [-0.2, -0.15) is 0 Å². The third-order valence-electron chi connectivity index (χ3n) is 13.0. The average Bonchev–Trinajstić information content (AvgIpc) is 4.00. The fourth-order valence-corrected chi connectivity index (χ4v) is 10.3. The summed E-state index contributed by atoms with van der Waals surface area (Å²) in [4.78, 5) is 4.84. The minimum Gasteiger partial charge on any atom is -0.312 e. The Kier molecular flexibility index (Phi) is 7.69. The van der Waals surface area contributed by atoms with Gasteiger partial charge in [0.25, 0.3) is 0 Å². The number of nitrogens with zero attached hydrogens (tertiary/aromatic N) is 4. The number of rotatable bonds is 7. The normalized spacial score (nSPS) is 12.3. The molecule has 4 heteroatoms. The van der Waals surface area contributed by atoms with Gasteiger partial charge in [0.1, 0.15) is 0 Å². The van der Waals surface area contributed by atoms with Gasteiger partial charge in [-0.25, -0.2) is 0 Å². The Balaban J connectivity index is 1.13. The zero-order valence-corrected chi connectivity index (χ0v) is 34.4. The first-order valence-corrected chi connectivity index (χ1v) is 21.1. The molecule has 0 atom stereocenters. The molecule has 0 aliphatic carbocycles. The molecule has 4 heterocycles. The smallest absolute Gasteiger partial charge is 0.0621 e. The Bertz CT molecular complexity index is 3760. The SMILES string of the molecule is C=c1/c(=C\c2c(C)n3c4cccc(N(c5ccccc5)c5ccccc5C)c4c4cccc2c43)n2c3cccc(N(c4ccccc4)c4ccccc4C)c3c3cccc1c32. The van der Waals surface area contributed by atoms with Crippen LogP contribution in [0.3, 0.4) is 0 Å². The molecule has 4 nitrogen and oxygen atoms in total. The highest BCUT2D eigenvalue weighted by Gasteiger charge is 2.26. The first-order valence-electron chi connectivity index (χ1n) is 21.1. The number of para-hydroxylation sites is 6. The summed E-state index contributed by atoms with van der Waals surface area (Å²) in [5.41, 5.74) is 16.6. The molecule has 12 rings (SSSR count). The van der Waals surface area contributed by atoms with Crippen molar-refractivity contribution in [1.82, 2.24) is 8.80 Å². The second-order valence-electron chi connectivity index (χ2n) is 16.3. The van der Waals surface area contributed by atoms with Gasteiger partial charge in [-0.05, 0) is 98.6 Å². The average molecular weight is 783 g/mol. The molecule has 0 amide bonds. The van der Waals surface area contributed by atoms with Gasteiger partial charge in [-0.15, -0.1) is 0 Å². The molecule has 0 fully saturated rings. The summed E-state index contributed by atoms with van der Waals surface area (Å²) >= 11 is 0. The lowest BCUT2D eigenvalue weighted by molar-refractivity contribution is 1.17. The number of anilines is 6. The van der Waals surface area contributed by atoms with Crippen molar-refractivity contribution in [3.05, 3.63) is 215 Å². The molecule has 0 radical (unpaired) electrons. The van der Waals surface area contributed by atoms with Crippen molar-refractivity contribution in [3.8, 4) is 0 Å². The van der Waals surface area contributed by atoms with Crippen molar-refractivity contribution in [2.45, 2.75) is 20.8 Å². The van der Waals surface area contributed by atoms with Crippen LogP contribution in [0.2, 0.25) is 0 Å². The minimum absolute atomic E-state index is 1.04. The van der Waals surface area contributed by atoms with Crippen molar-refractivity contribution >= 4 is 101 Å². The summed E-state index contributed by atoms with van der Waals surface area (Å²) in [5, 5.41) is 9.51. The predicted octanol–water partition coefficient (Wildman–Crippen LogP) is 13.8. The van der Waals surface area contributed by atoms with Crippen LogP contribution in [0.5, 0.6) is 0 Å². The Morgan fingerprint density at radius 2 is 0.836 bits per heavy atom. The molecule has 61 heavy (non-hydrogen) atoms. The van der Waals surface area contributed by atoms with Crippen LogP contribution in [0, 0.1) is 20.8 Å². The number of aromatic nitrogens is 2. The molecule has 4 aromatic heterocycles. The van der Waals surface area contributed by atoms with E-state index in [1.54, 1.807) is 0 Å². The topological polar surface area (TPSA) is 15.3 Å². The van der Waals surface area contributed by atoms with Gasteiger partial charge in [0.15, 0.2) is 0 Å². The van der Waals surface area contributed by atoms with E-state index in [0.717, 1.165) is 27.6 Å². The minimum atomic E-state index is 1.04. The molecule has 290 valence electrons. The van der Waals surface area contributed by atoms with E-state index in [1.807, 2.05) is 0 Å². The van der Waals surface area contributed by atoms with Gasteiger partial charge in [-0.1, -0.05) is 128 Å². The molecule has 0 bridgehead atoms. The monoisotopic (exact) mass is 782 g/mol. The van der Waals surface area contributed by atoms with Gasteiger partial charge in [0.05, 0.1) is 38.8 Å². The second kappa shape index (κ2) is 13.4. The van der Waals surface area contributed by atoms with Crippen LogP contribution in [0.15, 0.2) is 182 Å². The van der Waals surface area contributed by atoms with Crippen molar-refractivity contribution in [2.75, 3.05) is 9.80 Å². The predicted molar refractivity (Wildman–Crippen MR) is 259 cm³/mol. The highest BCUT2D eigenvalue weighted by atomic mass is 15.2. The quantitative estimate of drug-likeness (QED) is 0.160. The van der Waals surface area contributed by atoms with Crippen LogP contribution in [-0.4, -0.2) is 8.80 Å². The fourth-order valence-electron chi connectivity index (χ4n) is 10.3. The van der Waals surface area contributed by atoms with E-state index in [4.69, 9.17) is 6.58 Å². The first-order chi connectivity index (χ1) is 30.0. The Hall–Kier alpha value is -7.82. The molecule has 0 unspecified atom stereocenters. The lowest BCUT2D eigenvalue weighted by atomic mass is 10.0. The highest BCUT2D eigenvalue weighted by Crippen LogP contribution is 2.47. The lowest BCUT2D eigenvalue weighted by Crippen LogP contribution is -2.24. The summed E-state index contributed by atoms with van der Waals surface area (Å²) in [6.07, 6.45) is 2.40. The van der Waals surface area contributed by atoms with Crippen LogP contribution in [0.1, 0.15) is 22.4 Å². The van der Waals surface area contributed by atoms with Gasteiger partial charge in [0, 0.05) is 71.5 Å². The number of hydrogen-bond donors (Lipinski definition) is 0. The van der Waals surface area contributed by atoms with E-state index in [9.17, 15) is 0 Å². The van der Waals surface area contributed by atoms with E-state index in [1.165, 1.54) is 93.8 Å². The Morgan fingerprint density at radius 3 is 1.38 bits per heavy atom. The van der Waals surface area contributed by atoms with Crippen molar-refractivity contribution < 1.29 is 0 Å². The van der Waals surface area contributed by atoms with E-state index >= 15 is 0 Å². The van der Waals surface area contributed by atoms with Crippen molar-refractivity contribution in [2.24, 2.45) is 0 Å². The molecule has 0 saturated carbocycles. The lowest BCUT2D eigenvalue weighted by Gasteiger charge is -2.28. The number of aryl methyl sites for hydroxylation is 3. The molecule has 0 aliphatic heterocycles. The van der Waals surface area contributed by atoms with E-state index < -0.39 is 0 Å². The second-order valence-corrected chi connectivity index (χ2v) is 16.3. The number of benzene rings is 8. The molecule has 12 aromatic rings. The Morgan fingerprint density at radius 1 is 0.410 bits per heavy atom. The first kappa shape index (κ1) is 35.2. The molecule has 0 N–H and O–H groups in total. The molecular formula is C57H42N4. The summed E-state index contributed by atoms with van der Waals surface area (Å²) in [7, 11) is 0. The van der Waals surface area contributed by atoms with Crippen LogP contribution >= 0.6 is 0 Å². The number of fused-ring (bicyclic) bond motifs is 6. The van der Waals surface area contributed by atoms with Gasteiger partial charge in [0.2, 0.25) is 0 Å². The van der Waals surface area contributed by atoms with E-state index in [0.29, 0.717) is 0 Å². The van der Waals surface area contributed by atoms with Gasteiger partial charge < -0.3 is 18.6 Å². The molecule has 0 saturated heterocycles. The third-order valence-corrected chi connectivity index (χ3v) is 13.0. The van der Waals surface area contributed by atoms with Crippen LogP contribution in [-0.2, 0) is 0 Å². The van der Waals surface area contributed by atoms with Gasteiger partial charge >= 0.3 is 0 Å². The maximum absolute atomic E-state index is 4.78. The highest BCUT2D eigenvalue weighted by molar-refractivity contribution is 6.22. The standard InChI is InChI=1S/C57H42N4/c1-36-19-11-13-29-47(36)59(40-21-7-5-8-22-40)50-32-17-31-49-54(50)45-28-16-26-43-46(39(4)58(49)57(43)45)35-53-38(3)42-25-15-27-44-55-51(33-18-34-52(55)61(53)56(42)44)60(41-23-9-6-10-24-41)48-30-14-12-20-37(48)2/h5-35H,3H2,1-2,4H3/b53-35+. The summed E-state index contributed by atoms with van der Waals surface area (Å²) < 4.78 is 4.96. The zero-order valence-electron chi connectivity index (χ0n) is 34.4. The summed E-state index contributed by atoms with van der Waals surface area (Å²) in [6.45, 7) is 11.5. The summed E-state index contributed by atoms with van der Waals surface area (Å²) in [6, 6.07) is 65.9.